The second-order valence-corrected chi connectivity index (χ2v) is 7.76. The number of Topliss-reactive ketones (excluding diaryl/α,β-unsaturated/α-hetero) is 1. The molecule has 132 valence electrons. The Kier molecular flexibility index (Phi) is 6.31. The third kappa shape index (κ3) is 4.52. The Morgan fingerprint density at radius 2 is 1.67 bits per heavy atom. The van der Waals surface area contributed by atoms with Crippen LogP contribution in [0.25, 0.3) is 0 Å². The summed E-state index contributed by atoms with van der Waals surface area (Å²) >= 11 is 0. The average Bonchev–Trinajstić information content (AvgIpc) is 3.10. The smallest absolute Gasteiger partial charge is 0.156 e. The van der Waals surface area contributed by atoms with E-state index in [-0.39, 0.29) is 28.7 Å². The maximum absolute atomic E-state index is 11.7. The summed E-state index contributed by atoms with van der Waals surface area (Å²) in [5, 5.41) is 0. The van der Waals surface area contributed by atoms with Crippen molar-refractivity contribution in [2.45, 2.75) is 78.6 Å². The van der Waals surface area contributed by atoms with Gasteiger partial charge in [-0.2, -0.15) is 0 Å². The lowest BCUT2D eigenvalue weighted by Crippen LogP contribution is -2.38. The van der Waals surface area contributed by atoms with E-state index in [2.05, 4.69) is 0 Å². The largest absolute Gasteiger partial charge is 0.299 e. The van der Waals surface area contributed by atoms with Crippen LogP contribution in [0.5, 0.6) is 0 Å². The first-order valence-electron chi connectivity index (χ1n) is 9.25. The predicted molar refractivity (Wildman–Crippen MR) is 95.7 cm³/mol. The van der Waals surface area contributed by atoms with Gasteiger partial charge in [-0.3, -0.25) is 14.4 Å². The molecule has 24 heavy (non-hydrogen) atoms. The number of hydrogen-bond acceptors (Lipinski definition) is 3. The zero-order chi connectivity index (χ0) is 17.7. The average molecular weight is 330 g/mol. The van der Waals surface area contributed by atoms with Gasteiger partial charge < -0.3 is 0 Å². The topological polar surface area (TPSA) is 51.2 Å². The molecule has 2 saturated carbocycles. The van der Waals surface area contributed by atoms with Gasteiger partial charge >= 0.3 is 0 Å². The summed E-state index contributed by atoms with van der Waals surface area (Å²) in [7, 11) is 0. The van der Waals surface area contributed by atoms with Gasteiger partial charge in [0.05, 0.1) is 0 Å². The minimum absolute atomic E-state index is 0.0118. The van der Waals surface area contributed by atoms with Gasteiger partial charge in [0, 0.05) is 12.3 Å². The van der Waals surface area contributed by atoms with Gasteiger partial charge in [0.15, 0.2) is 11.6 Å². The highest BCUT2D eigenvalue weighted by atomic mass is 16.1. The van der Waals surface area contributed by atoms with Crippen LogP contribution < -0.4 is 0 Å². The van der Waals surface area contributed by atoms with E-state index in [1.54, 1.807) is 26.0 Å². The van der Waals surface area contributed by atoms with Crippen molar-refractivity contribution in [1.82, 2.24) is 0 Å². The molecule has 0 aliphatic heterocycles. The van der Waals surface area contributed by atoms with E-state index in [4.69, 9.17) is 0 Å². The van der Waals surface area contributed by atoms with Crippen molar-refractivity contribution in [2.75, 3.05) is 0 Å². The van der Waals surface area contributed by atoms with Gasteiger partial charge in [0.25, 0.3) is 0 Å². The molecule has 0 aromatic heterocycles. The molecule has 2 fully saturated rings. The number of carbonyl (C=O) groups excluding carboxylic acids is 3. The summed E-state index contributed by atoms with van der Waals surface area (Å²) in [5.41, 5.74) is 2.32. The van der Waals surface area contributed by atoms with Crippen molar-refractivity contribution in [1.29, 1.82) is 0 Å². The first-order chi connectivity index (χ1) is 11.3. The fourth-order valence-electron chi connectivity index (χ4n) is 4.88. The summed E-state index contributed by atoms with van der Waals surface area (Å²) in [6, 6.07) is 0. The van der Waals surface area contributed by atoms with Crippen molar-refractivity contribution in [3.05, 3.63) is 23.3 Å². The van der Waals surface area contributed by atoms with Crippen molar-refractivity contribution < 1.29 is 14.4 Å². The van der Waals surface area contributed by atoms with E-state index in [1.165, 1.54) is 31.3 Å². The van der Waals surface area contributed by atoms with E-state index in [0.717, 1.165) is 31.3 Å². The highest BCUT2D eigenvalue weighted by Gasteiger charge is 2.47. The standard InChI is InChI=1S/C13H18O2.C8H12O/c1-9-7-11(15)8-13(5-3-4-6-13)12(9)10(2)14;1-7(9)6-8-4-2-3-5-8/h7,12H,3-6,8H2,1-2H3;6H,2-5H2,1H3. The molecule has 0 amide bonds. The molecule has 3 rings (SSSR count). The molecule has 0 radical (unpaired) electrons. The van der Waals surface area contributed by atoms with Crippen LogP contribution >= 0.6 is 0 Å². The molecule has 0 aromatic rings. The van der Waals surface area contributed by atoms with E-state index in [9.17, 15) is 14.4 Å². The maximum Gasteiger partial charge on any atom is 0.156 e. The second-order valence-electron chi connectivity index (χ2n) is 7.76. The molecule has 1 spiro atoms. The lowest BCUT2D eigenvalue weighted by molar-refractivity contribution is -0.126. The first-order valence-corrected chi connectivity index (χ1v) is 9.25. The molecule has 1 atom stereocenters. The monoisotopic (exact) mass is 330 g/mol. The van der Waals surface area contributed by atoms with Crippen molar-refractivity contribution in [3.63, 3.8) is 0 Å². The molecule has 1 unspecified atom stereocenters. The van der Waals surface area contributed by atoms with Crippen LogP contribution in [0.1, 0.15) is 78.6 Å². The Hall–Kier alpha value is -1.51. The van der Waals surface area contributed by atoms with Gasteiger partial charge in [-0.15, -0.1) is 0 Å². The van der Waals surface area contributed by atoms with Gasteiger partial charge in [0.2, 0.25) is 0 Å². The molecular weight excluding hydrogens is 300 g/mol. The van der Waals surface area contributed by atoms with Crippen LogP contribution in [0.15, 0.2) is 23.3 Å². The maximum atomic E-state index is 11.7. The third-order valence-electron chi connectivity index (χ3n) is 5.64. The number of ketones is 3. The Labute approximate surface area is 145 Å². The van der Waals surface area contributed by atoms with E-state index < -0.39 is 0 Å². The Morgan fingerprint density at radius 1 is 1.08 bits per heavy atom. The summed E-state index contributed by atoms with van der Waals surface area (Å²) in [6.07, 6.45) is 13.4. The molecule has 0 N–H and O–H groups in total. The van der Waals surface area contributed by atoms with Crippen LogP contribution in [0.3, 0.4) is 0 Å². The summed E-state index contributed by atoms with van der Waals surface area (Å²) < 4.78 is 0. The van der Waals surface area contributed by atoms with Crippen molar-refractivity contribution in [3.8, 4) is 0 Å². The molecule has 3 heteroatoms. The highest BCUT2D eigenvalue weighted by Crippen LogP contribution is 2.52. The minimum atomic E-state index is -0.0122. The van der Waals surface area contributed by atoms with Crippen LogP contribution in [-0.2, 0) is 14.4 Å². The minimum Gasteiger partial charge on any atom is -0.299 e. The number of carbonyl (C=O) groups is 3. The zero-order valence-electron chi connectivity index (χ0n) is 15.3. The second kappa shape index (κ2) is 8.04. The zero-order valence-corrected chi connectivity index (χ0v) is 15.3. The van der Waals surface area contributed by atoms with Crippen LogP contribution in [-0.4, -0.2) is 17.3 Å². The molecule has 0 bridgehead atoms. The van der Waals surface area contributed by atoms with Crippen molar-refractivity contribution >= 4 is 17.3 Å². The normalized spacial score (nSPS) is 25.1. The van der Waals surface area contributed by atoms with Crippen LogP contribution in [0, 0.1) is 11.3 Å². The Morgan fingerprint density at radius 3 is 2.17 bits per heavy atom. The fourth-order valence-corrected chi connectivity index (χ4v) is 4.88. The summed E-state index contributed by atoms with van der Waals surface area (Å²) in [5.74, 6) is 0.662. The van der Waals surface area contributed by atoms with E-state index >= 15 is 0 Å². The van der Waals surface area contributed by atoms with Gasteiger partial charge in [-0.1, -0.05) is 24.0 Å². The molecular formula is C21H30O3. The lowest BCUT2D eigenvalue weighted by atomic mass is 9.63. The van der Waals surface area contributed by atoms with E-state index in [0.29, 0.717) is 6.42 Å². The fraction of sp³-hybridized carbons (Fsp3) is 0.667. The number of allylic oxidation sites excluding steroid dienone is 4. The summed E-state index contributed by atoms with van der Waals surface area (Å²) in [4.78, 5) is 33.9. The van der Waals surface area contributed by atoms with Crippen LogP contribution in [0.4, 0.5) is 0 Å². The highest BCUT2D eigenvalue weighted by molar-refractivity contribution is 5.95. The van der Waals surface area contributed by atoms with Crippen molar-refractivity contribution in [2.24, 2.45) is 11.3 Å². The lowest BCUT2D eigenvalue weighted by Gasteiger charge is -2.39. The predicted octanol–water partition coefficient (Wildman–Crippen LogP) is 4.75. The van der Waals surface area contributed by atoms with Gasteiger partial charge in [0.1, 0.15) is 5.78 Å². The molecule has 0 heterocycles. The SMILES string of the molecule is CC(=O)C1C(C)=CC(=O)CC12CCCC2.CC(=O)C=C1CCCC1. The Bertz CT molecular complexity index is 566. The molecule has 3 aliphatic rings. The Balaban J connectivity index is 0.000000198. The molecule has 3 nitrogen and oxygen atoms in total. The van der Waals surface area contributed by atoms with Gasteiger partial charge in [-0.25, -0.2) is 0 Å². The third-order valence-corrected chi connectivity index (χ3v) is 5.64. The molecule has 3 aliphatic carbocycles. The summed E-state index contributed by atoms with van der Waals surface area (Å²) in [6.45, 7) is 5.21. The molecule has 0 aromatic carbocycles. The van der Waals surface area contributed by atoms with Gasteiger partial charge in [-0.05, 0) is 76.9 Å². The first kappa shape index (κ1) is 18.8. The van der Waals surface area contributed by atoms with E-state index in [1.807, 2.05) is 6.92 Å². The quantitative estimate of drug-likeness (QED) is 0.687. The molecule has 0 saturated heterocycles. The number of rotatable bonds is 2. The number of hydrogen-bond donors (Lipinski definition) is 0. The van der Waals surface area contributed by atoms with Crippen LogP contribution in [0.2, 0.25) is 0 Å².